The second kappa shape index (κ2) is 4.61. The summed E-state index contributed by atoms with van der Waals surface area (Å²) in [7, 11) is 0. The number of hydrogen-bond acceptors (Lipinski definition) is 3. The number of nitrogens with one attached hydrogen (secondary N) is 1. The quantitative estimate of drug-likeness (QED) is 0.776. The number of anilines is 2. The van der Waals surface area contributed by atoms with E-state index in [4.69, 9.17) is 5.73 Å². The van der Waals surface area contributed by atoms with Crippen LogP contribution in [0.3, 0.4) is 0 Å². The third-order valence-corrected chi connectivity index (χ3v) is 2.15. The van der Waals surface area contributed by atoms with E-state index in [1.807, 2.05) is 24.3 Å². The van der Waals surface area contributed by atoms with Crippen LogP contribution in [0.2, 0.25) is 0 Å². The molecule has 0 unspecified atom stereocenters. The summed E-state index contributed by atoms with van der Waals surface area (Å²) in [6.07, 6.45) is 1.18. The molecule has 0 aliphatic heterocycles. The Balaban J connectivity index is 1.99. The van der Waals surface area contributed by atoms with Crippen molar-refractivity contribution >= 4 is 11.5 Å². The number of nitrogens with two attached hydrogens (primary N) is 1. The van der Waals surface area contributed by atoms with Crippen LogP contribution in [-0.4, -0.2) is 4.98 Å². The fourth-order valence-corrected chi connectivity index (χ4v) is 1.38. The highest BCUT2D eigenvalue weighted by Gasteiger charge is 1.96. The van der Waals surface area contributed by atoms with E-state index in [0.717, 1.165) is 11.3 Å². The van der Waals surface area contributed by atoms with Crippen LogP contribution in [0, 0.1) is 5.82 Å². The summed E-state index contributed by atoms with van der Waals surface area (Å²) in [4.78, 5) is 3.90. The molecule has 0 fully saturated rings. The minimum Gasteiger partial charge on any atom is -0.399 e. The zero-order chi connectivity index (χ0) is 11.4. The number of benzene rings is 1. The molecule has 3 nitrogen and oxygen atoms in total. The smallest absolute Gasteiger partial charge is 0.141 e. The Kier molecular flexibility index (Phi) is 3.00. The zero-order valence-corrected chi connectivity index (χ0v) is 8.65. The molecule has 3 N–H and O–H groups in total. The molecule has 0 atom stereocenters. The Morgan fingerprint density at radius 3 is 2.81 bits per heavy atom. The monoisotopic (exact) mass is 217 g/mol. The van der Waals surface area contributed by atoms with E-state index in [1.165, 1.54) is 12.3 Å². The lowest BCUT2D eigenvalue weighted by Crippen LogP contribution is -2.01. The van der Waals surface area contributed by atoms with Crippen molar-refractivity contribution in [3.8, 4) is 0 Å². The van der Waals surface area contributed by atoms with Gasteiger partial charge in [-0.25, -0.2) is 9.37 Å². The van der Waals surface area contributed by atoms with Crippen LogP contribution < -0.4 is 11.1 Å². The summed E-state index contributed by atoms with van der Waals surface area (Å²) in [6, 6.07) is 10.5. The van der Waals surface area contributed by atoms with Gasteiger partial charge >= 0.3 is 0 Å². The third kappa shape index (κ3) is 2.70. The molecule has 0 aliphatic carbocycles. The lowest BCUT2D eigenvalue weighted by atomic mass is 10.2. The van der Waals surface area contributed by atoms with Gasteiger partial charge in [0.05, 0.1) is 6.20 Å². The molecule has 1 aromatic carbocycles. The van der Waals surface area contributed by atoms with Gasteiger partial charge in [0, 0.05) is 12.2 Å². The van der Waals surface area contributed by atoms with Crippen LogP contribution in [0.4, 0.5) is 15.9 Å². The van der Waals surface area contributed by atoms with Crippen molar-refractivity contribution in [2.75, 3.05) is 11.1 Å². The molecule has 0 amide bonds. The van der Waals surface area contributed by atoms with Crippen molar-refractivity contribution in [3.05, 3.63) is 54.0 Å². The predicted octanol–water partition coefficient (Wildman–Crippen LogP) is 2.42. The summed E-state index contributed by atoms with van der Waals surface area (Å²) in [5.74, 6) is 0.304. The fraction of sp³-hybridized carbons (Fsp3) is 0.0833. The first-order chi connectivity index (χ1) is 7.74. The van der Waals surface area contributed by atoms with Crippen LogP contribution in [-0.2, 0) is 6.54 Å². The van der Waals surface area contributed by atoms with E-state index in [0.29, 0.717) is 12.4 Å². The van der Waals surface area contributed by atoms with Crippen molar-refractivity contribution in [1.29, 1.82) is 0 Å². The number of rotatable bonds is 3. The Bertz CT molecular complexity index is 468. The molecule has 0 radical (unpaired) electrons. The van der Waals surface area contributed by atoms with Gasteiger partial charge in [-0.05, 0) is 29.8 Å². The highest BCUT2D eigenvalue weighted by molar-refractivity contribution is 5.42. The fourth-order valence-electron chi connectivity index (χ4n) is 1.38. The first-order valence-corrected chi connectivity index (χ1v) is 4.94. The van der Waals surface area contributed by atoms with Crippen molar-refractivity contribution in [1.82, 2.24) is 4.98 Å². The second-order valence-corrected chi connectivity index (χ2v) is 3.46. The van der Waals surface area contributed by atoms with Crippen LogP contribution in [0.1, 0.15) is 5.56 Å². The molecule has 4 heteroatoms. The maximum absolute atomic E-state index is 12.6. The Labute approximate surface area is 93.1 Å². The average molecular weight is 217 g/mol. The molecule has 0 spiro atoms. The van der Waals surface area contributed by atoms with Gasteiger partial charge in [-0.3, -0.25) is 0 Å². The summed E-state index contributed by atoms with van der Waals surface area (Å²) in [5, 5.41) is 3.08. The molecule has 0 saturated carbocycles. The van der Waals surface area contributed by atoms with Crippen molar-refractivity contribution in [2.45, 2.75) is 6.54 Å². The van der Waals surface area contributed by atoms with Gasteiger partial charge in [0.25, 0.3) is 0 Å². The maximum atomic E-state index is 12.6. The number of pyridine rings is 1. The second-order valence-electron chi connectivity index (χ2n) is 3.46. The molecule has 2 aromatic rings. The number of nitrogens with zero attached hydrogens (tertiary/aromatic N) is 1. The van der Waals surface area contributed by atoms with E-state index >= 15 is 0 Å². The van der Waals surface area contributed by atoms with Gasteiger partial charge in [0.2, 0.25) is 0 Å². The molecule has 0 bridgehead atoms. The van der Waals surface area contributed by atoms with Gasteiger partial charge in [-0.1, -0.05) is 12.1 Å². The van der Waals surface area contributed by atoms with Crippen LogP contribution >= 0.6 is 0 Å². The number of hydrogen-bond donors (Lipinski definition) is 2. The van der Waals surface area contributed by atoms with E-state index in [-0.39, 0.29) is 5.82 Å². The maximum Gasteiger partial charge on any atom is 0.141 e. The van der Waals surface area contributed by atoms with E-state index < -0.39 is 0 Å². The predicted molar refractivity (Wildman–Crippen MR) is 62.4 cm³/mol. The summed E-state index contributed by atoms with van der Waals surface area (Å²) < 4.78 is 12.6. The molecule has 82 valence electrons. The highest BCUT2D eigenvalue weighted by Crippen LogP contribution is 2.09. The number of halogens is 1. The van der Waals surface area contributed by atoms with Crippen molar-refractivity contribution in [2.24, 2.45) is 0 Å². The van der Waals surface area contributed by atoms with Gasteiger partial charge in [0.15, 0.2) is 0 Å². The van der Waals surface area contributed by atoms with Gasteiger partial charge < -0.3 is 11.1 Å². The summed E-state index contributed by atoms with van der Waals surface area (Å²) in [5.41, 5.74) is 7.44. The molecular formula is C12H12FN3. The van der Waals surface area contributed by atoms with Crippen molar-refractivity contribution in [3.63, 3.8) is 0 Å². The lowest BCUT2D eigenvalue weighted by Gasteiger charge is -2.05. The number of aromatic nitrogens is 1. The van der Waals surface area contributed by atoms with Gasteiger partial charge in [-0.15, -0.1) is 0 Å². The van der Waals surface area contributed by atoms with Crippen LogP contribution in [0.5, 0.6) is 0 Å². The molecular weight excluding hydrogens is 205 g/mol. The van der Waals surface area contributed by atoms with Crippen LogP contribution in [0.25, 0.3) is 0 Å². The minimum atomic E-state index is -0.338. The Morgan fingerprint density at radius 2 is 2.12 bits per heavy atom. The highest BCUT2D eigenvalue weighted by atomic mass is 19.1. The Morgan fingerprint density at radius 1 is 1.25 bits per heavy atom. The molecule has 1 aromatic heterocycles. The van der Waals surface area contributed by atoms with E-state index in [2.05, 4.69) is 10.3 Å². The van der Waals surface area contributed by atoms with E-state index in [9.17, 15) is 4.39 Å². The topological polar surface area (TPSA) is 50.9 Å². The normalized spacial score (nSPS) is 10.1. The Hall–Kier alpha value is -2.10. The molecule has 1 heterocycles. The van der Waals surface area contributed by atoms with E-state index in [1.54, 1.807) is 6.07 Å². The average Bonchev–Trinajstić information content (AvgIpc) is 2.28. The molecule has 16 heavy (non-hydrogen) atoms. The third-order valence-electron chi connectivity index (χ3n) is 2.15. The first-order valence-electron chi connectivity index (χ1n) is 4.94. The largest absolute Gasteiger partial charge is 0.399 e. The first kappa shape index (κ1) is 10.4. The zero-order valence-electron chi connectivity index (χ0n) is 8.65. The summed E-state index contributed by atoms with van der Waals surface area (Å²) in [6.45, 7) is 0.615. The standard InChI is InChI=1S/C12H12FN3/c13-10-4-5-12(16-8-10)15-7-9-2-1-3-11(14)6-9/h1-6,8H,7,14H2,(H,15,16). The number of nitrogen functional groups attached to an aromatic ring is 1. The molecule has 0 saturated heterocycles. The van der Waals surface area contributed by atoms with Gasteiger partial charge in [-0.2, -0.15) is 0 Å². The van der Waals surface area contributed by atoms with Crippen molar-refractivity contribution < 1.29 is 4.39 Å². The van der Waals surface area contributed by atoms with Gasteiger partial charge in [0.1, 0.15) is 11.6 Å². The van der Waals surface area contributed by atoms with Crippen LogP contribution in [0.15, 0.2) is 42.6 Å². The lowest BCUT2D eigenvalue weighted by molar-refractivity contribution is 0.621. The minimum absolute atomic E-state index is 0.338. The molecule has 2 rings (SSSR count). The SMILES string of the molecule is Nc1cccc(CNc2ccc(F)cn2)c1. The summed E-state index contributed by atoms with van der Waals surface area (Å²) >= 11 is 0. The molecule has 0 aliphatic rings.